The number of Topliss-reactive ketones (excluding diaryl/α,β-unsaturated/α-hetero) is 1. The van der Waals surface area contributed by atoms with Gasteiger partial charge < -0.3 is 9.84 Å². The number of anilines is 1. The fraction of sp³-hybridized carbons (Fsp3) is 0.160. The number of halogens is 1. The number of aliphatic hydroxyl groups is 1. The Morgan fingerprint density at radius 1 is 1.09 bits per heavy atom. The normalized spacial score (nSPS) is 17.6. The predicted octanol–water partition coefficient (Wildman–Crippen LogP) is 4.64. The van der Waals surface area contributed by atoms with Gasteiger partial charge in [0, 0.05) is 17.4 Å². The van der Waals surface area contributed by atoms with Gasteiger partial charge in [-0.05, 0) is 61.0 Å². The van der Waals surface area contributed by atoms with Crippen molar-refractivity contribution in [3.8, 4) is 5.75 Å². The van der Waals surface area contributed by atoms with E-state index in [0.29, 0.717) is 23.6 Å². The average Bonchev–Trinajstić information content (AvgIpc) is 3.08. The van der Waals surface area contributed by atoms with Crippen LogP contribution in [0.5, 0.6) is 5.75 Å². The minimum absolute atomic E-state index is 0.111. The zero-order valence-electron chi connectivity index (χ0n) is 17.4. The van der Waals surface area contributed by atoms with Gasteiger partial charge in [0.05, 0.1) is 17.9 Å². The number of hydrogen-bond donors (Lipinski definition) is 1. The van der Waals surface area contributed by atoms with E-state index in [2.05, 4.69) is 4.98 Å². The van der Waals surface area contributed by atoms with Crippen molar-refractivity contribution in [1.82, 2.24) is 4.98 Å². The van der Waals surface area contributed by atoms with E-state index in [-0.39, 0.29) is 17.0 Å². The standard InChI is InChI=1S/C25H21FN2O4/c1-2-14-32-19-11-9-16(10-12-19)23(29)21-22(20-8-3-4-13-27-20)28(25(31)24(21)30)18-7-5-6-17(26)15-18/h3-13,15,22,29H,2,14H2,1H3/b23-21+. The largest absolute Gasteiger partial charge is 0.507 e. The monoisotopic (exact) mass is 432 g/mol. The molecule has 2 heterocycles. The van der Waals surface area contributed by atoms with Crippen LogP contribution >= 0.6 is 0 Å². The van der Waals surface area contributed by atoms with Crippen LogP contribution in [0.1, 0.15) is 30.6 Å². The van der Waals surface area contributed by atoms with Crippen molar-refractivity contribution >= 4 is 23.1 Å². The molecule has 7 heteroatoms. The van der Waals surface area contributed by atoms with Gasteiger partial charge in [0.25, 0.3) is 11.7 Å². The van der Waals surface area contributed by atoms with Crippen molar-refractivity contribution in [2.75, 3.05) is 11.5 Å². The highest BCUT2D eigenvalue weighted by atomic mass is 19.1. The number of benzene rings is 2. The molecule has 1 fully saturated rings. The van der Waals surface area contributed by atoms with E-state index in [9.17, 15) is 19.1 Å². The number of hydrogen-bond acceptors (Lipinski definition) is 5. The molecule has 1 unspecified atom stereocenters. The van der Waals surface area contributed by atoms with Crippen molar-refractivity contribution in [2.24, 2.45) is 0 Å². The number of aromatic nitrogens is 1. The van der Waals surface area contributed by atoms with Crippen molar-refractivity contribution in [2.45, 2.75) is 19.4 Å². The molecular weight excluding hydrogens is 411 g/mol. The second-order valence-electron chi connectivity index (χ2n) is 7.28. The topological polar surface area (TPSA) is 79.7 Å². The van der Waals surface area contributed by atoms with Crippen LogP contribution in [0.4, 0.5) is 10.1 Å². The minimum atomic E-state index is -1.01. The van der Waals surface area contributed by atoms with E-state index in [1.807, 2.05) is 6.92 Å². The molecule has 1 atom stereocenters. The van der Waals surface area contributed by atoms with Gasteiger partial charge in [0.15, 0.2) is 0 Å². The van der Waals surface area contributed by atoms with Gasteiger partial charge in [0.1, 0.15) is 23.4 Å². The van der Waals surface area contributed by atoms with Gasteiger partial charge in [-0.1, -0.05) is 19.1 Å². The Kier molecular flexibility index (Phi) is 5.98. The number of amides is 1. The molecule has 32 heavy (non-hydrogen) atoms. The first kappa shape index (κ1) is 21.2. The quantitative estimate of drug-likeness (QED) is 0.349. The number of nitrogens with zero attached hydrogens (tertiary/aromatic N) is 2. The van der Waals surface area contributed by atoms with Gasteiger partial charge in [-0.2, -0.15) is 0 Å². The summed E-state index contributed by atoms with van der Waals surface area (Å²) in [5.41, 5.74) is 0.817. The summed E-state index contributed by atoms with van der Waals surface area (Å²) < 4.78 is 19.5. The van der Waals surface area contributed by atoms with Gasteiger partial charge >= 0.3 is 0 Å². The van der Waals surface area contributed by atoms with E-state index >= 15 is 0 Å². The predicted molar refractivity (Wildman–Crippen MR) is 118 cm³/mol. The molecule has 1 aliphatic rings. The maximum absolute atomic E-state index is 13.9. The van der Waals surface area contributed by atoms with Crippen molar-refractivity contribution < 1.29 is 23.8 Å². The molecule has 1 aliphatic heterocycles. The van der Waals surface area contributed by atoms with Crippen LogP contribution in [-0.2, 0) is 9.59 Å². The third-order valence-electron chi connectivity index (χ3n) is 5.10. The number of ketones is 1. The zero-order valence-corrected chi connectivity index (χ0v) is 17.4. The van der Waals surface area contributed by atoms with Crippen LogP contribution in [0, 0.1) is 5.82 Å². The van der Waals surface area contributed by atoms with E-state index in [4.69, 9.17) is 4.74 Å². The first-order valence-electron chi connectivity index (χ1n) is 10.2. The summed E-state index contributed by atoms with van der Waals surface area (Å²) in [6, 6.07) is 16.1. The van der Waals surface area contributed by atoms with Gasteiger partial charge in [-0.25, -0.2) is 4.39 Å². The summed E-state index contributed by atoms with van der Waals surface area (Å²) in [7, 11) is 0. The Balaban J connectivity index is 1.84. The SMILES string of the molecule is CCCOc1ccc(/C(O)=C2\C(=O)C(=O)N(c3cccc(F)c3)C2c2ccccn2)cc1. The van der Waals surface area contributed by atoms with Gasteiger partial charge in [0.2, 0.25) is 0 Å². The molecule has 1 amide bonds. The summed E-state index contributed by atoms with van der Waals surface area (Å²) >= 11 is 0. The van der Waals surface area contributed by atoms with Crippen molar-refractivity contribution in [1.29, 1.82) is 0 Å². The Labute approximate surface area is 184 Å². The van der Waals surface area contributed by atoms with Gasteiger partial charge in [-0.15, -0.1) is 0 Å². The summed E-state index contributed by atoms with van der Waals surface area (Å²) in [6.45, 7) is 2.55. The fourth-order valence-electron chi connectivity index (χ4n) is 3.63. The molecule has 1 aromatic heterocycles. The summed E-state index contributed by atoms with van der Waals surface area (Å²) in [6.07, 6.45) is 2.39. The lowest BCUT2D eigenvalue weighted by atomic mass is 9.98. The summed E-state index contributed by atoms with van der Waals surface area (Å²) in [4.78, 5) is 31.5. The molecule has 3 aromatic rings. The second kappa shape index (κ2) is 9.01. The van der Waals surface area contributed by atoms with Crippen LogP contribution < -0.4 is 9.64 Å². The molecule has 0 saturated carbocycles. The molecule has 1 saturated heterocycles. The number of aliphatic hydroxyl groups excluding tert-OH is 1. The molecule has 4 rings (SSSR count). The first-order chi connectivity index (χ1) is 15.5. The highest BCUT2D eigenvalue weighted by molar-refractivity contribution is 6.51. The fourth-order valence-corrected chi connectivity index (χ4v) is 3.63. The molecule has 0 radical (unpaired) electrons. The highest BCUT2D eigenvalue weighted by Crippen LogP contribution is 2.41. The molecule has 0 spiro atoms. The van der Waals surface area contributed by atoms with Crippen LogP contribution in [0.2, 0.25) is 0 Å². The van der Waals surface area contributed by atoms with Crippen LogP contribution in [0.15, 0.2) is 78.5 Å². The lowest BCUT2D eigenvalue weighted by Crippen LogP contribution is -2.29. The Bertz CT molecular complexity index is 1180. The lowest BCUT2D eigenvalue weighted by molar-refractivity contribution is -0.132. The van der Waals surface area contributed by atoms with E-state index in [0.717, 1.165) is 11.3 Å². The zero-order chi connectivity index (χ0) is 22.7. The van der Waals surface area contributed by atoms with Gasteiger partial charge in [-0.3, -0.25) is 19.5 Å². The summed E-state index contributed by atoms with van der Waals surface area (Å²) in [5.74, 6) is -1.99. The molecule has 162 valence electrons. The maximum atomic E-state index is 13.9. The number of carbonyl (C=O) groups excluding carboxylic acids is 2. The molecule has 0 bridgehead atoms. The highest BCUT2D eigenvalue weighted by Gasteiger charge is 2.47. The Hall–Kier alpha value is -4.00. The van der Waals surface area contributed by atoms with Crippen LogP contribution in [-0.4, -0.2) is 28.4 Å². The summed E-state index contributed by atoms with van der Waals surface area (Å²) in [5, 5.41) is 11.1. The van der Waals surface area contributed by atoms with Crippen LogP contribution in [0.25, 0.3) is 5.76 Å². The third-order valence-corrected chi connectivity index (χ3v) is 5.10. The van der Waals surface area contributed by atoms with E-state index in [1.165, 1.54) is 30.5 Å². The molecule has 6 nitrogen and oxygen atoms in total. The average molecular weight is 432 g/mol. The second-order valence-corrected chi connectivity index (χ2v) is 7.28. The minimum Gasteiger partial charge on any atom is -0.507 e. The number of pyridine rings is 1. The van der Waals surface area contributed by atoms with E-state index < -0.39 is 23.5 Å². The Morgan fingerprint density at radius 2 is 1.88 bits per heavy atom. The number of rotatable bonds is 6. The molecule has 1 N–H and O–H groups in total. The molecule has 2 aromatic carbocycles. The smallest absolute Gasteiger partial charge is 0.300 e. The molecular formula is C25H21FN2O4. The number of ether oxygens (including phenoxy) is 1. The number of carbonyl (C=O) groups is 2. The third kappa shape index (κ3) is 3.97. The maximum Gasteiger partial charge on any atom is 0.300 e. The lowest BCUT2D eigenvalue weighted by Gasteiger charge is -2.24. The Morgan fingerprint density at radius 3 is 2.53 bits per heavy atom. The first-order valence-corrected chi connectivity index (χ1v) is 10.2. The van der Waals surface area contributed by atoms with Crippen molar-refractivity contribution in [3.63, 3.8) is 0 Å². The van der Waals surface area contributed by atoms with Crippen LogP contribution in [0.3, 0.4) is 0 Å². The van der Waals surface area contributed by atoms with Crippen molar-refractivity contribution in [3.05, 3.63) is 95.6 Å². The van der Waals surface area contributed by atoms with E-state index in [1.54, 1.807) is 42.5 Å². The molecule has 0 aliphatic carbocycles.